The normalized spacial score (nSPS) is 8.67. The molecule has 7 nitrogen and oxygen atoms in total. The zero-order valence-electron chi connectivity index (χ0n) is 5.80. The zero-order chi connectivity index (χ0) is 9.65. The molecule has 0 aromatic heterocycles. The number of carboxylic acid groups (broad SMARTS) is 1. The van der Waals surface area contributed by atoms with E-state index in [1.165, 1.54) is 0 Å². The summed E-state index contributed by atoms with van der Waals surface area (Å²) in [5.41, 5.74) is 0. The van der Waals surface area contributed by atoms with Crippen LogP contribution in [0, 0.1) is 0 Å². The number of carboxylic acids is 1. The fourth-order valence-corrected chi connectivity index (χ4v) is 0. The number of carbonyl (C=O) groups is 2. The van der Waals surface area contributed by atoms with Crippen LogP contribution in [0.1, 0.15) is 0 Å². The Balaban J connectivity index is -0.000000126. The minimum Gasteiger partial charge on any atom is -0.756 e. The van der Waals surface area contributed by atoms with Gasteiger partial charge in [-0.2, -0.15) is 4.39 Å². The molecule has 0 aromatic carbocycles. The molecule has 0 fully saturated rings. The third-order valence-electron chi connectivity index (χ3n) is 0.168. The van der Waals surface area contributed by atoms with Crippen LogP contribution in [0.25, 0.3) is 0 Å². The summed E-state index contributed by atoms with van der Waals surface area (Å²) in [5.74, 6) is -2.05. The summed E-state index contributed by atoms with van der Waals surface area (Å²) < 4.78 is 19.4. The first kappa shape index (κ1) is 18.1. The maximum absolute atomic E-state index is 10.6. The number of phosphoric acid groups is 1. The molecular weight excluding hydrogens is 209 g/mol. The van der Waals surface area contributed by atoms with E-state index in [1.807, 2.05) is 0 Å². The first-order valence-corrected chi connectivity index (χ1v) is 3.37. The number of aliphatic carboxylic acids is 1. The first-order valence-electron chi connectivity index (χ1n) is 1.84. The van der Waals surface area contributed by atoms with E-state index in [1.54, 1.807) is 0 Å². The van der Waals surface area contributed by atoms with E-state index in [2.05, 4.69) is 0 Å². The number of carbonyl (C=O) groups excluding carboxylic acids is 1. The van der Waals surface area contributed by atoms with Gasteiger partial charge in [0.1, 0.15) is 0 Å². The van der Waals surface area contributed by atoms with Gasteiger partial charge >= 0.3 is 41.6 Å². The van der Waals surface area contributed by atoms with Crippen molar-refractivity contribution in [3.8, 4) is 0 Å². The van der Waals surface area contributed by atoms with E-state index in [0.717, 1.165) is 0 Å². The number of halogens is 1. The molecule has 0 heterocycles. The van der Waals surface area contributed by atoms with Crippen molar-refractivity contribution in [1.82, 2.24) is 0 Å². The maximum Gasteiger partial charge on any atom is 1.00 e. The summed E-state index contributed by atoms with van der Waals surface area (Å²) in [7, 11) is -4.89. The van der Waals surface area contributed by atoms with Crippen molar-refractivity contribution in [1.29, 1.82) is 0 Å². The van der Waals surface area contributed by atoms with Crippen molar-refractivity contribution >= 4 is 19.8 Å². The number of rotatable bonds is 1. The minimum atomic E-state index is -4.89. The number of hydrogen-bond donors (Lipinski definition) is 3. The Kier molecular flexibility index (Phi) is 11.8. The van der Waals surface area contributed by atoms with Crippen LogP contribution in [0.3, 0.4) is 0 Å². The molecule has 0 aromatic rings. The third-order valence-corrected chi connectivity index (χ3v) is 0.168. The molecule has 10 heteroatoms. The monoisotopic (exact) mass is 212 g/mol. The Morgan fingerprint density at radius 3 is 1.42 bits per heavy atom. The van der Waals surface area contributed by atoms with Crippen LogP contribution in [0.2, 0.25) is 0 Å². The van der Waals surface area contributed by atoms with Gasteiger partial charge in [-0.3, -0.25) is 4.57 Å². The molecule has 0 amide bonds. The van der Waals surface area contributed by atoms with Gasteiger partial charge in [0.2, 0.25) is 0 Å². The predicted molar refractivity (Wildman–Crippen MR) is 25.8 cm³/mol. The van der Waals surface area contributed by atoms with Gasteiger partial charge in [-0.05, 0) is 0 Å². The average molecular weight is 212 g/mol. The smallest absolute Gasteiger partial charge is 0.756 e. The fourth-order valence-electron chi connectivity index (χ4n) is 0. The fraction of sp³-hybridized carbons (Fsp3) is 0. The molecule has 0 rings (SSSR count). The molecule has 0 radical (unpaired) electrons. The Bertz CT molecular complexity index is 177. The second-order valence-corrected chi connectivity index (χ2v) is 2.05. The molecule has 66 valence electrons. The van der Waals surface area contributed by atoms with Crippen LogP contribution in [-0.2, 0) is 14.2 Å². The summed E-state index contributed by atoms with van der Waals surface area (Å²) in [6.07, 6.45) is 0. The molecule has 0 spiro atoms. The van der Waals surface area contributed by atoms with Crippen LogP contribution >= 0.6 is 7.82 Å². The molecule has 0 aliphatic carbocycles. The van der Waals surface area contributed by atoms with Crippen LogP contribution in [0.5, 0.6) is 0 Å². The molecule has 3 N–H and O–H groups in total. The van der Waals surface area contributed by atoms with E-state index in [9.17, 15) is 4.39 Å². The molecule has 12 heavy (non-hydrogen) atoms. The van der Waals surface area contributed by atoms with Crippen molar-refractivity contribution in [3.63, 3.8) is 0 Å². The molecule has 0 aliphatic rings. The van der Waals surface area contributed by atoms with Gasteiger partial charge in [-0.1, -0.05) is 0 Å². The molecule has 0 saturated heterocycles. The molecule has 0 atom stereocenters. The van der Waals surface area contributed by atoms with E-state index in [4.69, 9.17) is 33.9 Å². The summed E-state index contributed by atoms with van der Waals surface area (Å²) >= 11 is 0. The molecule has 0 unspecified atom stereocenters. The van der Waals surface area contributed by atoms with Crippen LogP contribution in [0.4, 0.5) is 4.39 Å². The van der Waals surface area contributed by atoms with Crippen molar-refractivity contribution in [3.05, 3.63) is 0 Å². The Morgan fingerprint density at radius 2 is 1.42 bits per heavy atom. The van der Waals surface area contributed by atoms with Crippen molar-refractivity contribution in [2.75, 3.05) is 0 Å². The van der Waals surface area contributed by atoms with E-state index in [-0.39, 0.29) is 29.6 Å². The maximum atomic E-state index is 10.6. The van der Waals surface area contributed by atoms with Crippen molar-refractivity contribution < 1.29 is 67.9 Å². The third kappa shape index (κ3) is 49.1. The van der Waals surface area contributed by atoms with E-state index >= 15 is 0 Å². The number of hydrogen-bond acceptors (Lipinski definition) is 4. The summed E-state index contributed by atoms with van der Waals surface area (Å²) in [6, 6.07) is -2.32. The van der Waals surface area contributed by atoms with Gasteiger partial charge in [-0.15, -0.1) is 0 Å². The van der Waals surface area contributed by atoms with Crippen LogP contribution < -0.4 is 34.5 Å². The molecule has 0 saturated carbocycles. The van der Waals surface area contributed by atoms with Gasteiger partial charge in [0.25, 0.3) is 7.82 Å². The van der Waals surface area contributed by atoms with Crippen LogP contribution in [-0.4, -0.2) is 26.9 Å². The van der Waals surface area contributed by atoms with Gasteiger partial charge in [0.15, 0.2) is 0 Å². The van der Waals surface area contributed by atoms with Crippen molar-refractivity contribution in [2.24, 2.45) is 0 Å². The molecular formula is C2H3FNaO7P. The SMILES string of the molecule is O=C(O)C(=O)F.O=P([O-])(O)O.[Na+]. The quantitative estimate of drug-likeness (QED) is 0.171. The summed E-state index contributed by atoms with van der Waals surface area (Å²) in [6.45, 7) is 0. The molecule has 0 bridgehead atoms. The summed E-state index contributed by atoms with van der Waals surface area (Å²) in [4.78, 5) is 40.8. The van der Waals surface area contributed by atoms with Gasteiger partial charge in [-0.25, -0.2) is 9.59 Å². The van der Waals surface area contributed by atoms with E-state index in [0.29, 0.717) is 0 Å². The topological polar surface area (TPSA) is 135 Å². The first-order chi connectivity index (χ1) is 4.64. The van der Waals surface area contributed by atoms with Gasteiger partial charge in [0.05, 0.1) is 0 Å². The Hall–Kier alpha value is 0.180. The van der Waals surface area contributed by atoms with Gasteiger partial charge < -0.3 is 19.8 Å². The Morgan fingerprint density at radius 1 is 1.33 bits per heavy atom. The second-order valence-electron chi connectivity index (χ2n) is 1.07. The average Bonchev–Trinajstić information content (AvgIpc) is 1.59. The van der Waals surface area contributed by atoms with Crippen LogP contribution in [0.15, 0.2) is 0 Å². The van der Waals surface area contributed by atoms with Crippen molar-refractivity contribution in [2.45, 2.75) is 0 Å². The standard InChI is InChI=1S/C2HFO3.Na.H3O4P/c3-1(4)2(5)6;;1-5(2,3)4/h(H,5,6);;(H3,1,2,3,4)/q;+1;/p-1. The van der Waals surface area contributed by atoms with Gasteiger partial charge in [0, 0.05) is 0 Å². The zero-order valence-corrected chi connectivity index (χ0v) is 8.69. The second kappa shape index (κ2) is 7.81. The molecule has 0 aliphatic heterocycles. The minimum absolute atomic E-state index is 0. The largest absolute Gasteiger partial charge is 1.00 e. The van der Waals surface area contributed by atoms with E-state index < -0.39 is 19.8 Å². The summed E-state index contributed by atoms with van der Waals surface area (Å²) in [5, 5.41) is 7.27. The Labute approximate surface area is 87.7 Å². The predicted octanol–water partition coefficient (Wildman–Crippen LogP) is -4.99.